The number of piperidine rings is 1. The zero-order valence-electron chi connectivity index (χ0n) is 12.2. The summed E-state index contributed by atoms with van der Waals surface area (Å²) in [6, 6.07) is 0.515. The maximum absolute atomic E-state index is 12.1. The van der Waals surface area contributed by atoms with E-state index >= 15 is 0 Å². The second-order valence-electron chi connectivity index (χ2n) is 6.37. The number of hydrogen-bond acceptors (Lipinski definition) is 3. The fourth-order valence-electron chi connectivity index (χ4n) is 3.38. The molecular weight excluding hydrogens is 240 g/mol. The van der Waals surface area contributed by atoms with E-state index in [1.165, 1.54) is 19.3 Å². The first-order valence-electron chi connectivity index (χ1n) is 7.79. The van der Waals surface area contributed by atoms with Crippen LogP contribution in [0.5, 0.6) is 0 Å². The lowest BCUT2D eigenvalue weighted by molar-refractivity contribution is -0.133. The molecule has 0 aromatic carbocycles. The first-order chi connectivity index (χ1) is 9.09. The van der Waals surface area contributed by atoms with Gasteiger partial charge in [0.05, 0.1) is 5.60 Å². The SMILES string of the molecule is CN(CC1(O)CCCC1)C(=O)CCC1CCCCN1. The van der Waals surface area contributed by atoms with Gasteiger partial charge in [0.2, 0.25) is 5.91 Å². The molecule has 1 amide bonds. The molecule has 2 aliphatic rings. The zero-order valence-corrected chi connectivity index (χ0v) is 12.2. The summed E-state index contributed by atoms with van der Waals surface area (Å²) in [4.78, 5) is 13.8. The van der Waals surface area contributed by atoms with Gasteiger partial charge in [0.25, 0.3) is 0 Å². The fraction of sp³-hybridized carbons (Fsp3) is 0.933. The van der Waals surface area contributed by atoms with Crippen LogP contribution >= 0.6 is 0 Å². The van der Waals surface area contributed by atoms with E-state index < -0.39 is 5.60 Å². The Kier molecular flexibility index (Phi) is 5.22. The molecule has 1 aliphatic heterocycles. The second-order valence-corrected chi connectivity index (χ2v) is 6.37. The maximum atomic E-state index is 12.1. The molecule has 1 atom stereocenters. The minimum Gasteiger partial charge on any atom is -0.388 e. The number of carbonyl (C=O) groups excluding carboxylic acids is 1. The summed E-state index contributed by atoms with van der Waals surface area (Å²) in [6.07, 6.45) is 9.13. The van der Waals surface area contributed by atoms with Crippen molar-refractivity contribution in [1.29, 1.82) is 0 Å². The minimum atomic E-state index is -0.618. The van der Waals surface area contributed by atoms with Crippen molar-refractivity contribution < 1.29 is 9.90 Å². The van der Waals surface area contributed by atoms with E-state index in [1.807, 2.05) is 7.05 Å². The Morgan fingerprint density at radius 2 is 2.05 bits per heavy atom. The number of aliphatic hydroxyl groups is 1. The second kappa shape index (κ2) is 6.71. The Bertz CT molecular complexity index is 295. The van der Waals surface area contributed by atoms with Gasteiger partial charge in [-0.25, -0.2) is 0 Å². The van der Waals surface area contributed by atoms with Crippen LogP contribution < -0.4 is 5.32 Å². The molecule has 4 nitrogen and oxygen atoms in total. The van der Waals surface area contributed by atoms with Crippen molar-refractivity contribution in [3.05, 3.63) is 0 Å². The van der Waals surface area contributed by atoms with Gasteiger partial charge in [0.1, 0.15) is 0 Å². The largest absolute Gasteiger partial charge is 0.388 e. The van der Waals surface area contributed by atoms with E-state index in [4.69, 9.17) is 0 Å². The first kappa shape index (κ1) is 14.8. The summed E-state index contributed by atoms with van der Waals surface area (Å²) in [5.41, 5.74) is -0.618. The van der Waals surface area contributed by atoms with Crippen molar-refractivity contribution in [2.75, 3.05) is 20.1 Å². The normalized spacial score (nSPS) is 26.3. The molecule has 2 N–H and O–H groups in total. The highest BCUT2D eigenvalue weighted by molar-refractivity contribution is 5.76. The fourth-order valence-corrected chi connectivity index (χ4v) is 3.38. The Hall–Kier alpha value is -0.610. The molecule has 110 valence electrons. The number of amides is 1. The van der Waals surface area contributed by atoms with Crippen LogP contribution in [0.2, 0.25) is 0 Å². The smallest absolute Gasteiger partial charge is 0.222 e. The average molecular weight is 268 g/mol. The van der Waals surface area contributed by atoms with Crippen LogP contribution in [0.4, 0.5) is 0 Å². The molecule has 1 saturated carbocycles. The van der Waals surface area contributed by atoms with Crippen LogP contribution in [0.1, 0.15) is 57.8 Å². The molecule has 0 aromatic heterocycles. The van der Waals surface area contributed by atoms with E-state index in [-0.39, 0.29) is 5.91 Å². The molecule has 19 heavy (non-hydrogen) atoms. The highest BCUT2D eigenvalue weighted by atomic mass is 16.3. The minimum absolute atomic E-state index is 0.174. The van der Waals surface area contributed by atoms with Crippen LogP contribution in [0, 0.1) is 0 Å². The molecule has 1 unspecified atom stereocenters. The van der Waals surface area contributed by atoms with Gasteiger partial charge in [0, 0.05) is 26.1 Å². The van der Waals surface area contributed by atoms with Gasteiger partial charge in [-0.3, -0.25) is 4.79 Å². The highest BCUT2D eigenvalue weighted by Gasteiger charge is 2.33. The van der Waals surface area contributed by atoms with Crippen molar-refractivity contribution in [3.63, 3.8) is 0 Å². The van der Waals surface area contributed by atoms with Gasteiger partial charge in [-0.2, -0.15) is 0 Å². The number of carbonyl (C=O) groups is 1. The van der Waals surface area contributed by atoms with Crippen molar-refractivity contribution in [2.24, 2.45) is 0 Å². The van der Waals surface area contributed by atoms with Gasteiger partial charge in [-0.05, 0) is 38.6 Å². The average Bonchev–Trinajstić information content (AvgIpc) is 2.83. The lowest BCUT2D eigenvalue weighted by Gasteiger charge is -2.29. The quantitative estimate of drug-likeness (QED) is 0.797. The molecule has 0 spiro atoms. The summed E-state index contributed by atoms with van der Waals surface area (Å²) >= 11 is 0. The number of likely N-dealkylation sites (N-methyl/N-ethyl adjacent to an activating group) is 1. The molecule has 1 aliphatic carbocycles. The van der Waals surface area contributed by atoms with Gasteiger partial charge in [0.15, 0.2) is 0 Å². The first-order valence-corrected chi connectivity index (χ1v) is 7.79. The van der Waals surface area contributed by atoms with Crippen LogP contribution in [0.25, 0.3) is 0 Å². The molecule has 1 heterocycles. The monoisotopic (exact) mass is 268 g/mol. The van der Waals surface area contributed by atoms with Gasteiger partial charge in [-0.1, -0.05) is 19.3 Å². The molecule has 0 radical (unpaired) electrons. The van der Waals surface area contributed by atoms with Crippen LogP contribution in [0.3, 0.4) is 0 Å². The third-order valence-corrected chi connectivity index (χ3v) is 4.61. The molecule has 1 saturated heterocycles. The van der Waals surface area contributed by atoms with Crippen molar-refractivity contribution >= 4 is 5.91 Å². The number of nitrogens with zero attached hydrogens (tertiary/aromatic N) is 1. The predicted octanol–water partition coefficient (Wildman–Crippen LogP) is 1.67. The number of nitrogens with one attached hydrogen (secondary N) is 1. The summed E-state index contributed by atoms with van der Waals surface area (Å²) in [5, 5.41) is 13.8. The van der Waals surface area contributed by atoms with Crippen molar-refractivity contribution in [3.8, 4) is 0 Å². The molecule has 2 rings (SSSR count). The summed E-state index contributed by atoms with van der Waals surface area (Å²) < 4.78 is 0. The van der Waals surface area contributed by atoms with E-state index in [2.05, 4.69) is 5.32 Å². The van der Waals surface area contributed by atoms with Crippen LogP contribution in [0.15, 0.2) is 0 Å². The molecule has 4 heteroatoms. The third kappa shape index (κ3) is 4.46. The summed E-state index contributed by atoms with van der Waals surface area (Å²) in [6.45, 7) is 1.60. The van der Waals surface area contributed by atoms with Crippen LogP contribution in [-0.2, 0) is 4.79 Å². The van der Waals surface area contributed by atoms with Gasteiger partial charge in [-0.15, -0.1) is 0 Å². The lowest BCUT2D eigenvalue weighted by atomic mass is 9.99. The van der Waals surface area contributed by atoms with Crippen molar-refractivity contribution in [2.45, 2.75) is 69.4 Å². The lowest BCUT2D eigenvalue weighted by Crippen LogP contribution is -2.42. The molecular formula is C15H28N2O2. The van der Waals surface area contributed by atoms with Gasteiger partial charge >= 0.3 is 0 Å². The van der Waals surface area contributed by atoms with Crippen molar-refractivity contribution in [1.82, 2.24) is 10.2 Å². The number of hydrogen-bond donors (Lipinski definition) is 2. The topological polar surface area (TPSA) is 52.6 Å². The zero-order chi connectivity index (χ0) is 13.7. The summed E-state index contributed by atoms with van der Waals surface area (Å²) in [5.74, 6) is 0.174. The van der Waals surface area contributed by atoms with E-state index in [9.17, 15) is 9.90 Å². The Balaban J connectivity index is 1.69. The van der Waals surface area contributed by atoms with E-state index in [0.29, 0.717) is 19.0 Å². The number of rotatable bonds is 5. The third-order valence-electron chi connectivity index (χ3n) is 4.61. The molecule has 0 bridgehead atoms. The molecule has 0 aromatic rings. The van der Waals surface area contributed by atoms with E-state index in [1.54, 1.807) is 4.90 Å². The Labute approximate surface area is 116 Å². The summed E-state index contributed by atoms with van der Waals surface area (Å²) in [7, 11) is 1.83. The molecule has 2 fully saturated rings. The van der Waals surface area contributed by atoms with E-state index in [0.717, 1.165) is 38.6 Å². The van der Waals surface area contributed by atoms with Gasteiger partial charge < -0.3 is 15.3 Å². The predicted molar refractivity (Wildman–Crippen MR) is 75.9 cm³/mol. The standard InChI is InChI=1S/C15H28N2O2/c1-17(12-15(19)9-3-4-10-15)14(18)8-7-13-6-2-5-11-16-13/h13,16,19H,2-12H2,1H3. The highest BCUT2D eigenvalue weighted by Crippen LogP contribution is 2.30. The Morgan fingerprint density at radius 3 is 2.68 bits per heavy atom. The Morgan fingerprint density at radius 1 is 1.32 bits per heavy atom. The maximum Gasteiger partial charge on any atom is 0.222 e. The van der Waals surface area contributed by atoms with Crippen LogP contribution in [-0.4, -0.2) is 47.7 Å².